The van der Waals surface area contributed by atoms with Crippen LogP contribution in [-0.4, -0.2) is 51.6 Å². The molecule has 1 N–H and O–H groups in total. The van der Waals surface area contributed by atoms with E-state index in [2.05, 4.69) is 22.1 Å². The SMILES string of the molecule is COC(=O)C(NC(=O)c1nc2ccccc2n(C2(C)C[C@H]3CC[C@@H](C2)N3C2CCCCCCC2)c1=O)c1ccccc1. The molecule has 3 aromatic rings. The van der Waals surface area contributed by atoms with Gasteiger partial charge < -0.3 is 10.1 Å². The number of esters is 1. The molecular weight excluding hydrogens is 528 g/mol. The average molecular weight is 571 g/mol. The highest BCUT2D eigenvalue weighted by atomic mass is 16.5. The van der Waals surface area contributed by atoms with Crippen LogP contribution in [0.15, 0.2) is 59.4 Å². The molecule has 2 saturated heterocycles. The van der Waals surface area contributed by atoms with Gasteiger partial charge in [-0.15, -0.1) is 0 Å². The summed E-state index contributed by atoms with van der Waals surface area (Å²) in [6, 6.07) is 16.9. The van der Waals surface area contributed by atoms with Crippen LogP contribution in [0.4, 0.5) is 0 Å². The first-order chi connectivity index (χ1) is 20.4. The lowest BCUT2D eigenvalue weighted by molar-refractivity contribution is -0.143. The van der Waals surface area contributed by atoms with Crippen LogP contribution >= 0.6 is 0 Å². The van der Waals surface area contributed by atoms with E-state index in [9.17, 15) is 14.4 Å². The Labute approximate surface area is 247 Å². The Morgan fingerprint density at radius 2 is 1.50 bits per heavy atom. The molecule has 4 atom stereocenters. The lowest BCUT2D eigenvalue weighted by Crippen LogP contribution is -2.56. The molecule has 8 heteroatoms. The van der Waals surface area contributed by atoms with E-state index in [-0.39, 0.29) is 5.69 Å². The van der Waals surface area contributed by atoms with Crippen molar-refractivity contribution in [1.29, 1.82) is 0 Å². The third-order valence-electron chi connectivity index (χ3n) is 9.88. The van der Waals surface area contributed by atoms with Gasteiger partial charge in [-0.05, 0) is 63.1 Å². The van der Waals surface area contributed by atoms with Crippen molar-refractivity contribution in [3.8, 4) is 0 Å². The summed E-state index contributed by atoms with van der Waals surface area (Å²) in [5, 5.41) is 2.74. The number of aromatic nitrogens is 2. The molecule has 2 bridgehead atoms. The second-order valence-corrected chi connectivity index (χ2v) is 12.7. The molecular formula is C34H42N4O4. The molecule has 6 rings (SSSR count). The quantitative estimate of drug-likeness (QED) is 0.394. The van der Waals surface area contributed by atoms with Crippen LogP contribution in [-0.2, 0) is 15.1 Å². The Kier molecular flexibility index (Phi) is 8.17. The molecule has 2 unspecified atom stereocenters. The maximum atomic E-state index is 14.3. The molecule has 222 valence electrons. The maximum absolute atomic E-state index is 14.3. The third-order valence-corrected chi connectivity index (χ3v) is 9.88. The molecule has 3 aliphatic rings. The summed E-state index contributed by atoms with van der Waals surface area (Å²) in [5.41, 5.74) is 0.836. The zero-order valence-corrected chi connectivity index (χ0v) is 24.8. The van der Waals surface area contributed by atoms with Crippen LogP contribution in [0, 0.1) is 0 Å². The minimum Gasteiger partial charge on any atom is -0.467 e. The van der Waals surface area contributed by atoms with Crippen molar-refractivity contribution >= 4 is 22.9 Å². The second-order valence-electron chi connectivity index (χ2n) is 12.7. The summed E-state index contributed by atoms with van der Waals surface area (Å²) in [5.74, 6) is -1.29. The van der Waals surface area contributed by atoms with Gasteiger partial charge in [-0.3, -0.25) is 19.1 Å². The fourth-order valence-corrected chi connectivity index (χ4v) is 8.06. The maximum Gasteiger partial charge on any atom is 0.333 e. The number of methoxy groups -OCH3 is 1. The predicted octanol–water partition coefficient (Wildman–Crippen LogP) is 5.50. The van der Waals surface area contributed by atoms with Crippen molar-refractivity contribution in [2.24, 2.45) is 0 Å². The van der Waals surface area contributed by atoms with Gasteiger partial charge in [-0.2, -0.15) is 0 Å². The number of piperidine rings is 1. The number of fused-ring (bicyclic) bond motifs is 3. The van der Waals surface area contributed by atoms with Crippen LogP contribution in [0.3, 0.4) is 0 Å². The Hall–Kier alpha value is -3.52. The van der Waals surface area contributed by atoms with Gasteiger partial charge in [0.05, 0.1) is 18.1 Å². The van der Waals surface area contributed by atoms with Crippen LogP contribution < -0.4 is 10.9 Å². The van der Waals surface area contributed by atoms with E-state index in [1.165, 1.54) is 52.1 Å². The van der Waals surface area contributed by atoms with Gasteiger partial charge >= 0.3 is 5.97 Å². The van der Waals surface area contributed by atoms with E-state index in [1.54, 1.807) is 24.3 Å². The van der Waals surface area contributed by atoms with Gasteiger partial charge in [0.15, 0.2) is 11.7 Å². The molecule has 0 radical (unpaired) electrons. The predicted molar refractivity (Wildman–Crippen MR) is 162 cm³/mol. The number of benzene rings is 2. The molecule has 1 amide bonds. The number of amides is 1. The Morgan fingerprint density at radius 3 is 2.17 bits per heavy atom. The lowest BCUT2D eigenvalue weighted by atomic mass is 9.81. The van der Waals surface area contributed by atoms with E-state index >= 15 is 0 Å². The highest BCUT2D eigenvalue weighted by molar-refractivity contribution is 5.96. The summed E-state index contributed by atoms with van der Waals surface area (Å²) in [7, 11) is 1.28. The number of carbonyl (C=O) groups is 2. The summed E-state index contributed by atoms with van der Waals surface area (Å²) in [6.07, 6.45) is 13.2. The van der Waals surface area contributed by atoms with E-state index in [4.69, 9.17) is 4.74 Å². The summed E-state index contributed by atoms with van der Waals surface area (Å²) < 4.78 is 6.83. The second kappa shape index (κ2) is 12.0. The topological polar surface area (TPSA) is 93.5 Å². The number of rotatable bonds is 6. The molecule has 1 saturated carbocycles. The molecule has 8 nitrogen and oxygen atoms in total. The van der Waals surface area contributed by atoms with Gasteiger partial charge in [0.25, 0.3) is 11.5 Å². The van der Waals surface area contributed by atoms with Gasteiger partial charge in [-0.25, -0.2) is 9.78 Å². The van der Waals surface area contributed by atoms with E-state index in [1.807, 2.05) is 34.9 Å². The summed E-state index contributed by atoms with van der Waals surface area (Å²) >= 11 is 0. The number of ether oxygens (including phenoxy) is 1. The smallest absolute Gasteiger partial charge is 0.333 e. The first-order valence-electron chi connectivity index (χ1n) is 15.6. The Morgan fingerprint density at radius 1 is 0.881 bits per heavy atom. The first-order valence-corrected chi connectivity index (χ1v) is 15.6. The van der Waals surface area contributed by atoms with Gasteiger partial charge in [-0.1, -0.05) is 74.6 Å². The zero-order valence-electron chi connectivity index (χ0n) is 24.8. The molecule has 3 heterocycles. The van der Waals surface area contributed by atoms with E-state index < -0.39 is 29.0 Å². The molecule has 1 aromatic heterocycles. The van der Waals surface area contributed by atoms with Crippen molar-refractivity contribution in [1.82, 2.24) is 19.8 Å². The van der Waals surface area contributed by atoms with Crippen LogP contribution in [0.2, 0.25) is 0 Å². The monoisotopic (exact) mass is 570 g/mol. The number of hydrogen-bond acceptors (Lipinski definition) is 6. The summed E-state index contributed by atoms with van der Waals surface area (Å²) in [4.78, 5) is 48.0. The van der Waals surface area contributed by atoms with Crippen molar-refractivity contribution in [2.75, 3.05) is 7.11 Å². The minimum atomic E-state index is -1.05. The molecule has 3 fully saturated rings. The Bertz CT molecular complexity index is 1480. The van der Waals surface area contributed by atoms with Crippen molar-refractivity contribution in [3.63, 3.8) is 0 Å². The third kappa shape index (κ3) is 5.37. The molecule has 1 aliphatic carbocycles. The number of nitrogens with one attached hydrogen (secondary N) is 1. The van der Waals surface area contributed by atoms with Gasteiger partial charge in [0, 0.05) is 23.7 Å². The number of para-hydroxylation sites is 2. The molecule has 2 aliphatic heterocycles. The van der Waals surface area contributed by atoms with E-state index in [0.29, 0.717) is 29.2 Å². The fraction of sp³-hybridized carbons (Fsp3) is 0.529. The van der Waals surface area contributed by atoms with Crippen molar-refractivity contribution in [3.05, 3.63) is 76.2 Å². The standard InChI is InChI=1S/C34H42N4O4/c1-34(21-25-19-20-26(22-34)37(25)24-15-9-4-3-5-10-16-24)38-28-18-12-11-17-27(28)35-30(32(38)40)31(39)36-29(33(41)42-2)23-13-7-6-8-14-23/h6-8,11-14,17-18,24-26,29H,3-5,9-10,15-16,19-22H2,1-2H3,(H,36,39)/t25-,26+,29?,34?. The van der Waals surface area contributed by atoms with Crippen molar-refractivity contribution < 1.29 is 14.3 Å². The van der Waals surface area contributed by atoms with Gasteiger partial charge in [0.2, 0.25) is 0 Å². The number of carbonyl (C=O) groups excluding carboxylic acids is 2. The van der Waals surface area contributed by atoms with Gasteiger partial charge in [0.1, 0.15) is 0 Å². The molecule has 0 spiro atoms. The van der Waals surface area contributed by atoms with Crippen LogP contribution in [0.25, 0.3) is 11.0 Å². The normalized spacial score (nSPS) is 25.9. The Balaban J connectivity index is 1.35. The lowest BCUT2D eigenvalue weighted by Gasteiger charge is -2.49. The number of hydrogen-bond donors (Lipinski definition) is 1. The van der Waals surface area contributed by atoms with Crippen LogP contribution in [0.1, 0.15) is 99.6 Å². The highest BCUT2D eigenvalue weighted by Crippen LogP contribution is 2.47. The van der Waals surface area contributed by atoms with E-state index in [0.717, 1.165) is 31.2 Å². The van der Waals surface area contributed by atoms with Crippen LogP contribution in [0.5, 0.6) is 0 Å². The molecule has 42 heavy (non-hydrogen) atoms. The number of nitrogens with zero attached hydrogens (tertiary/aromatic N) is 3. The van der Waals surface area contributed by atoms with Crippen molar-refractivity contribution in [2.45, 2.75) is 107 Å². The first kappa shape index (κ1) is 28.6. The summed E-state index contributed by atoms with van der Waals surface area (Å²) in [6.45, 7) is 2.19. The average Bonchev–Trinajstić information content (AvgIpc) is 3.26. The molecule has 2 aromatic carbocycles. The highest BCUT2D eigenvalue weighted by Gasteiger charge is 2.49. The zero-order chi connectivity index (χ0) is 29.3. The fourth-order valence-electron chi connectivity index (χ4n) is 8.06. The largest absolute Gasteiger partial charge is 0.467 e. The minimum absolute atomic E-state index is 0.199.